The summed E-state index contributed by atoms with van der Waals surface area (Å²) >= 11 is 0. The fraction of sp³-hybridized carbons (Fsp3) is 1.00. The summed E-state index contributed by atoms with van der Waals surface area (Å²) in [6, 6.07) is 0. The fourth-order valence-electron chi connectivity index (χ4n) is 2.78. The Hall–Kier alpha value is -0.0800. The Morgan fingerprint density at radius 3 is 2.62 bits per heavy atom. The summed E-state index contributed by atoms with van der Waals surface area (Å²) in [6.07, 6.45) is 8.28. The van der Waals surface area contributed by atoms with E-state index in [1.165, 1.54) is 45.1 Å². The molecule has 0 amide bonds. The number of hydrogen-bond acceptors (Lipinski definition) is 2. The molecule has 16 heavy (non-hydrogen) atoms. The molecule has 1 aliphatic carbocycles. The SMILES string of the molecule is CCCNCC(CCOCC)C1CCCC1. The van der Waals surface area contributed by atoms with E-state index >= 15 is 0 Å². The standard InChI is InChI=1S/C14H29NO/c1-3-10-15-12-14(9-11-16-4-2)13-7-5-6-8-13/h13-15H,3-12H2,1-2H3. The van der Waals surface area contributed by atoms with Gasteiger partial charge >= 0.3 is 0 Å². The smallest absolute Gasteiger partial charge is 0.0469 e. The van der Waals surface area contributed by atoms with Crippen LogP contribution in [0.4, 0.5) is 0 Å². The summed E-state index contributed by atoms with van der Waals surface area (Å²) in [5.74, 6) is 1.81. The molecule has 0 heterocycles. The van der Waals surface area contributed by atoms with Crippen LogP contribution in [-0.4, -0.2) is 26.3 Å². The largest absolute Gasteiger partial charge is 0.382 e. The van der Waals surface area contributed by atoms with Crippen LogP contribution in [0.5, 0.6) is 0 Å². The highest BCUT2D eigenvalue weighted by Crippen LogP contribution is 2.32. The van der Waals surface area contributed by atoms with E-state index in [1.807, 2.05) is 0 Å². The van der Waals surface area contributed by atoms with E-state index in [-0.39, 0.29) is 0 Å². The lowest BCUT2D eigenvalue weighted by molar-refractivity contribution is 0.120. The van der Waals surface area contributed by atoms with Crippen LogP contribution in [0.15, 0.2) is 0 Å². The molecule has 0 aliphatic heterocycles. The Labute approximate surface area is 101 Å². The molecule has 0 aromatic rings. The average Bonchev–Trinajstić information content (AvgIpc) is 2.81. The Morgan fingerprint density at radius 2 is 2.00 bits per heavy atom. The van der Waals surface area contributed by atoms with E-state index in [4.69, 9.17) is 4.74 Å². The maximum absolute atomic E-state index is 5.50. The van der Waals surface area contributed by atoms with Gasteiger partial charge in [0.25, 0.3) is 0 Å². The molecular formula is C14H29NO. The normalized spacial score (nSPS) is 19.1. The van der Waals surface area contributed by atoms with Crippen molar-refractivity contribution in [3.8, 4) is 0 Å². The van der Waals surface area contributed by atoms with Crippen LogP contribution < -0.4 is 5.32 Å². The fourth-order valence-corrected chi connectivity index (χ4v) is 2.78. The average molecular weight is 227 g/mol. The Bertz CT molecular complexity index is 145. The van der Waals surface area contributed by atoms with Crippen LogP contribution in [0.1, 0.15) is 52.4 Å². The second kappa shape index (κ2) is 9.00. The monoisotopic (exact) mass is 227 g/mol. The Morgan fingerprint density at radius 1 is 1.25 bits per heavy atom. The molecule has 0 saturated heterocycles. The summed E-state index contributed by atoms with van der Waals surface area (Å²) in [5, 5.41) is 3.58. The molecule has 1 rings (SSSR count). The first kappa shape index (κ1) is 14.0. The molecule has 1 unspecified atom stereocenters. The molecule has 96 valence electrons. The quantitative estimate of drug-likeness (QED) is 0.611. The topological polar surface area (TPSA) is 21.3 Å². The van der Waals surface area contributed by atoms with Gasteiger partial charge in [0.1, 0.15) is 0 Å². The third kappa shape index (κ3) is 5.31. The van der Waals surface area contributed by atoms with Crippen molar-refractivity contribution in [2.75, 3.05) is 26.3 Å². The summed E-state index contributed by atoms with van der Waals surface area (Å²) < 4.78 is 5.50. The van der Waals surface area contributed by atoms with Gasteiger partial charge in [0.15, 0.2) is 0 Å². The van der Waals surface area contributed by atoms with E-state index in [1.54, 1.807) is 0 Å². The molecule has 0 aromatic carbocycles. The minimum Gasteiger partial charge on any atom is -0.382 e. The van der Waals surface area contributed by atoms with Gasteiger partial charge in [0.05, 0.1) is 0 Å². The molecule has 2 nitrogen and oxygen atoms in total. The molecule has 1 aliphatic rings. The minimum absolute atomic E-state index is 0.848. The lowest BCUT2D eigenvalue weighted by Crippen LogP contribution is -2.29. The summed E-state index contributed by atoms with van der Waals surface area (Å²) in [4.78, 5) is 0. The number of nitrogens with one attached hydrogen (secondary N) is 1. The number of ether oxygens (including phenoxy) is 1. The van der Waals surface area contributed by atoms with E-state index in [2.05, 4.69) is 19.2 Å². The van der Waals surface area contributed by atoms with Crippen molar-refractivity contribution < 1.29 is 4.74 Å². The van der Waals surface area contributed by atoms with Gasteiger partial charge in [-0.25, -0.2) is 0 Å². The maximum atomic E-state index is 5.50. The van der Waals surface area contributed by atoms with Crippen molar-refractivity contribution in [3.63, 3.8) is 0 Å². The Balaban J connectivity index is 2.22. The number of rotatable bonds is 9. The molecule has 1 N–H and O–H groups in total. The lowest BCUT2D eigenvalue weighted by atomic mass is 9.88. The zero-order chi connectivity index (χ0) is 11.6. The van der Waals surface area contributed by atoms with E-state index in [0.29, 0.717) is 0 Å². The van der Waals surface area contributed by atoms with Crippen LogP contribution >= 0.6 is 0 Å². The highest BCUT2D eigenvalue weighted by atomic mass is 16.5. The van der Waals surface area contributed by atoms with Crippen molar-refractivity contribution in [1.29, 1.82) is 0 Å². The Kier molecular flexibility index (Phi) is 7.87. The van der Waals surface area contributed by atoms with Gasteiger partial charge in [-0.15, -0.1) is 0 Å². The molecule has 0 bridgehead atoms. The molecule has 1 fully saturated rings. The van der Waals surface area contributed by atoms with Gasteiger partial charge in [0.2, 0.25) is 0 Å². The zero-order valence-electron chi connectivity index (χ0n) is 11.1. The zero-order valence-corrected chi connectivity index (χ0v) is 11.1. The van der Waals surface area contributed by atoms with Gasteiger partial charge in [-0.3, -0.25) is 0 Å². The minimum atomic E-state index is 0.848. The first-order valence-electron chi connectivity index (χ1n) is 7.16. The molecular weight excluding hydrogens is 198 g/mol. The summed E-state index contributed by atoms with van der Waals surface area (Å²) in [6.45, 7) is 8.49. The predicted molar refractivity (Wildman–Crippen MR) is 69.7 cm³/mol. The molecule has 2 heteroatoms. The van der Waals surface area contributed by atoms with Crippen LogP contribution in [0.25, 0.3) is 0 Å². The highest BCUT2D eigenvalue weighted by Gasteiger charge is 2.24. The number of hydrogen-bond donors (Lipinski definition) is 1. The van der Waals surface area contributed by atoms with Crippen molar-refractivity contribution in [2.24, 2.45) is 11.8 Å². The van der Waals surface area contributed by atoms with Gasteiger partial charge < -0.3 is 10.1 Å². The lowest BCUT2D eigenvalue weighted by Gasteiger charge is -2.23. The third-order valence-electron chi connectivity index (χ3n) is 3.74. The molecule has 0 spiro atoms. The van der Waals surface area contributed by atoms with Crippen LogP contribution in [0.2, 0.25) is 0 Å². The molecule has 0 radical (unpaired) electrons. The van der Waals surface area contributed by atoms with Crippen LogP contribution in [0, 0.1) is 11.8 Å². The first-order valence-corrected chi connectivity index (χ1v) is 7.16. The second-order valence-corrected chi connectivity index (χ2v) is 4.99. The van der Waals surface area contributed by atoms with Crippen molar-refractivity contribution in [2.45, 2.75) is 52.4 Å². The van der Waals surface area contributed by atoms with Gasteiger partial charge in [-0.2, -0.15) is 0 Å². The van der Waals surface area contributed by atoms with E-state index in [9.17, 15) is 0 Å². The third-order valence-corrected chi connectivity index (χ3v) is 3.74. The van der Waals surface area contributed by atoms with Crippen molar-refractivity contribution in [1.82, 2.24) is 5.32 Å². The first-order chi connectivity index (χ1) is 7.88. The van der Waals surface area contributed by atoms with Crippen LogP contribution in [0.3, 0.4) is 0 Å². The van der Waals surface area contributed by atoms with Gasteiger partial charge in [-0.1, -0.05) is 32.6 Å². The maximum Gasteiger partial charge on any atom is 0.0469 e. The van der Waals surface area contributed by atoms with Crippen molar-refractivity contribution >= 4 is 0 Å². The second-order valence-electron chi connectivity index (χ2n) is 4.99. The van der Waals surface area contributed by atoms with Crippen molar-refractivity contribution in [3.05, 3.63) is 0 Å². The highest BCUT2D eigenvalue weighted by molar-refractivity contribution is 4.77. The molecule has 1 atom stereocenters. The van der Waals surface area contributed by atoms with E-state index in [0.717, 1.165) is 31.6 Å². The van der Waals surface area contributed by atoms with Gasteiger partial charge in [-0.05, 0) is 44.7 Å². The van der Waals surface area contributed by atoms with E-state index < -0.39 is 0 Å². The molecule has 1 saturated carbocycles. The predicted octanol–water partition coefficient (Wildman–Crippen LogP) is 3.22. The molecule has 0 aromatic heterocycles. The summed E-state index contributed by atoms with van der Waals surface area (Å²) in [5.41, 5.74) is 0. The van der Waals surface area contributed by atoms with Gasteiger partial charge in [0, 0.05) is 13.2 Å². The summed E-state index contributed by atoms with van der Waals surface area (Å²) in [7, 11) is 0. The van der Waals surface area contributed by atoms with Crippen LogP contribution in [-0.2, 0) is 4.74 Å².